The lowest BCUT2D eigenvalue weighted by molar-refractivity contribution is -0.0110. The summed E-state index contributed by atoms with van der Waals surface area (Å²) in [7, 11) is 0. The summed E-state index contributed by atoms with van der Waals surface area (Å²) in [5.74, 6) is 0.143. The third kappa shape index (κ3) is 3.22. The summed E-state index contributed by atoms with van der Waals surface area (Å²) in [6.45, 7) is 9.94. The minimum Gasteiger partial charge on any atom is -0.379 e. The van der Waals surface area contributed by atoms with E-state index in [1.54, 1.807) is 6.20 Å². The first-order valence-electron chi connectivity index (χ1n) is 7.63. The van der Waals surface area contributed by atoms with E-state index in [2.05, 4.69) is 39.8 Å². The fourth-order valence-corrected chi connectivity index (χ4v) is 3.29. The second kappa shape index (κ2) is 7.03. The second-order valence-electron chi connectivity index (χ2n) is 5.62. The molecular weight excluding hydrogens is 334 g/mol. The minimum absolute atomic E-state index is 0.143. The normalized spacial score (nSPS) is 19.4. The Bertz CT molecular complexity index is 497. The number of morpholine rings is 1. The maximum absolute atomic E-state index is 13.2. The lowest BCUT2D eigenvalue weighted by Crippen LogP contribution is -2.56. The van der Waals surface area contributed by atoms with E-state index in [9.17, 15) is 4.79 Å². The summed E-state index contributed by atoms with van der Waals surface area (Å²) in [5.41, 5.74) is 0.186. The van der Waals surface area contributed by atoms with Crippen molar-refractivity contribution in [3.05, 3.63) is 16.4 Å². The molecule has 0 aromatic carbocycles. The van der Waals surface area contributed by atoms with Crippen LogP contribution in [0.3, 0.4) is 0 Å². The van der Waals surface area contributed by atoms with E-state index in [0.717, 1.165) is 36.9 Å². The smallest absolute Gasteiger partial charge is 0.201 e. The van der Waals surface area contributed by atoms with Gasteiger partial charge in [-0.2, -0.15) is 5.10 Å². The summed E-state index contributed by atoms with van der Waals surface area (Å²) in [6, 6.07) is 0. The molecule has 1 aromatic rings. The van der Waals surface area contributed by atoms with Gasteiger partial charge in [0.1, 0.15) is 5.69 Å². The average molecular weight is 358 g/mol. The topological polar surface area (TPSA) is 47.4 Å². The highest BCUT2D eigenvalue weighted by Crippen LogP contribution is 2.29. The fraction of sp³-hybridized carbons (Fsp3) is 0.733. The fourth-order valence-electron chi connectivity index (χ4n) is 2.81. The number of carbonyl (C=O) groups is 1. The predicted octanol–water partition coefficient (Wildman–Crippen LogP) is 2.74. The van der Waals surface area contributed by atoms with Gasteiger partial charge in [0.15, 0.2) is 0 Å². The van der Waals surface area contributed by atoms with Crippen LogP contribution < -0.4 is 0 Å². The maximum atomic E-state index is 13.2. The van der Waals surface area contributed by atoms with Crippen molar-refractivity contribution in [2.75, 3.05) is 26.3 Å². The van der Waals surface area contributed by atoms with Gasteiger partial charge in [-0.1, -0.05) is 13.8 Å². The molecule has 6 heteroatoms. The molecule has 1 aromatic heterocycles. The van der Waals surface area contributed by atoms with Crippen molar-refractivity contribution < 1.29 is 9.53 Å². The average Bonchev–Trinajstić information content (AvgIpc) is 2.87. The van der Waals surface area contributed by atoms with Crippen LogP contribution in [0.2, 0.25) is 0 Å². The number of Topliss-reactive ketones (excluding diaryl/α,β-unsaturated/α-hetero) is 1. The maximum Gasteiger partial charge on any atom is 0.201 e. The van der Waals surface area contributed by atoms with Gasteiger partial charge >= 0.3 is 0 Å². The number of hydrogen-bond donors (Lipinski definition) is 0. The van der Waals surface area contributed by atoms with Crippen LogP contribution in [0, 0.1) is 0 Å². The Labute approximate surface area is 134 Å². The molecule has 1 aliphatic heterocycles. The lowest BCUT2D eigenvalue weighted by Gasteiger charge is -2.41. The van der Waals surface area contributed by atoms with E-state index in [1.807, 2.05) is 11.6 Å². The number of hydrogen-bond acceptors (Lipinski definition) is 4. The molecule has 0 spiro atoms. The zero-order valence-corrected chi connectivity index (χ0v) is 14.6. The van der Waals surface area contributed by atoms with Gasteiger partial charge in [0.2, 0.25) is 5.78 Å². The summed E-state index contributed by atoms with van der Waals surface area (Å²) >= 11 is 3.49. The van der Waals surface area contributed by atoms with Crippen LogP contribution in [0.5, 0.6) is 0 Å². The van der Waals surface area contributed by atoms with Crippen molar-refractivity contribution in [1.82, 2.24) is 14.7 Å². The third-order valence-electron chi connectivity index (χ3n) is 4.33. The quantitative estimate of drug-likeness (QED) is 0.734. The van der Waals surface area contributed by atoms with Gasteiger partial charge in [-0.3, -0.25) is 14.4 Å². The molecule has 0 saturated carbocycles. The van der Waals surface area contributed by atoms with E-state index in [4.69, 9.17) is 4.74 Å². The number of aryl methyl sites for hydroxylation is 1. The SMILES string of the molecule is CCCn1ncc(Br)c1C(=O)C(C)(CC)N1CCOCC1. The molecule has 21 heavy (non-hydrogen) atoms. The molecule has 1 saturated heterocycles. The summed E-state index contributed by atoms with van der Waals surface area (Å²) < 4.78 is 8.02. The van der Waals surface area contributed by atoms with Crippen molar-refractivity contribution in [3.63, 3.8) is 0 Å². The molecular formula is C15H24BrN3O2. The summed E-state index contributed by atoms with van der Waals surface area (Å²) in [6.07, 6.45) is 3.45. The second-order valence-corrected chi connectivity index (χ2v) is 6.47. The molecule has 0 radical (unpaired) electrons. The van der Waals surface area contributed by atoms with Crippen LogP contribution in [-0.4, -0.2) is 52.3 Å². The van der Waals surface area contributed by atoms with Crippen molar-refractivity contribution in [2.24, 2.45) is 0 Å². The monoisotopic (exact) mass is 357 g/mol. The first kappa shape index (κ1) is 16.6. The Morgan fingerprint density at radius 3 is 2.67 bits per heavy atom. The number of aromatic nitrogens is 2. The van der Waals surface area contributed by atoms with Gasteiger partial charge in [0.25, 0.3) is 0 Å². The minimum atomic E-state index is -0.502. The van der Waals surface area contributed by atoms with E-state index >= 15 is 0 Å². The number of ketones is 1. The van der Waals surface area contributed by atoms with Crippen LogP contribution in [0.25, 0.3) is 0 Å². The van der Waals surface area contributed by atoms with E-state index in [1.165, 1.54) is 0 Å². The van der Waals surface area contributed by atoms with E-state index < -0.39 is 5.54 Å². The highest BCUT2D eigenvalue weighted by Gasteiger charge is 2.41. The van der Waals surface area contributed by atoms with Crippen LogP contribution in [-0.2, 0) is 11.3 Å². The Kier molecular flexibility index (Phi) is 5.57. The van der Waals surface area contributed by atoms with Crippen molar-refractivity contribution in [2.45, 2.75) is 45.7 Å². The Morgan fingerprint density at radius 1 is 1.43 bits per heavy atom. The highest BCUT2D eigenvalue weighted by atomic mass is 79.9. The van der Waals surface area contributed by atoms with Crippen molar-refractivity contribution in [3.8, 4) is 0 Å². The molecule has 0 N–H and O–H groups in total. The van der Waals surface area contributed by atoms with Crippen LogP contribution >= 0.6 is 15.9 Å². The van der Waals surface area contributed by atoms with Crippen molar-refractivity contribution in [1.29, 1.82) is 0 Å². The van der Waals surface area contributed by atoms with E-state index in [0.29, 0.717) is 18.9 Å². The summed E-state index contributed by atoms with van der Waals surface area (Å²) in [4.78, 5) is 15.4. The van der Waals surface area contributed by atoms with Gasteiger partial charge in [0.05, 0.1) is 29.4 Å². The molecule has 0 amide bonds. The van der Waals surface area contributed by atoms with Crippen LogP contribution in [0.15, 0.2) is 10.7 Å². The molecule has 118 valence electrons. The Balaban J connectivity index is 2.33. The molecule has 1 atom stereocenters. The van der Waals surface area contributed by atoms with Gasteiger partial charge in [-0.05, 0) is 35.7 Å². The predicted molar refractivity (Wildman–Crippen MR) is 85.6 cm³/mol. The molecule has 0 bridgehead atoms. The molecule has 0 aliphatic carbocycles. The number of rotatable bonds is 6. The van der Waals surface area contributed by atoms with Gasteiger partial charge in [-0.15, -0.1) is 0 Å². The number of ether oxygens (including phenoxy) is 1. The molecule has 1 fully saturated rings. The number of carbonyl (C=O) groups excluding carboxylic acids is 1. The molecule has 5 nitrogen and oxygen atoms in total. The third-order valence-corrected chi connectivity index (χ3v) is 4.91. The Morgan fingerprint density at radius 2 is 2.10 bits per heavy atom. The zero-order chi connectivity index (χ0) is 15.5. The number of halogens is 1. The molecule has 2 rings (SSSR count). The largest absolute Gasteiger partial charge is 0.379 e. The van der Waals surface area contributed by atoms with Gasteiger partial charge < -0.3 is 4.74 Å². The standard InChI is InChI=1S/C15H24BrN3O2/c1-4-6-19-13(12(16)11-17-19)14(20)15(3,5-2)18-7-9-21-10-8-18/h11H,4-10H2,1-3H3. The van der Waals surface area contributed by atoms with E-state index in [-0.39, 0.29) is 5.78 Å². The number of nitrogens with zero attached hydrogens (tertiary/aromatic N) is 3. The molecule has 1 unspecified atom stereocenters. The zero-order valence-electron chi connectivity index (χ0n) is 13.1. The first-order valence-corrected chi connectivity index (χ1v) is 8.42. The van der Waals surface area contributed by atoms with Gasteiger partial charge in [0, 0.05) is 19.6 Å². The van der Waals surface area contributed by atoms with Crippen LogP contribution in [0.4, 0.5) is 0 Å². The van der Waals surface area contributed by atoms with Crippen molar-refractivity contribution >= 4 is 21.7 Å². The summed E-state index contributed by atoms with van der Waals surface area (Å²) in [5, 5.41) is 4.33. The van der Waals surface area contributed by atoms with Crippen LogP contribution in [0.1, 0.15) is 44.1 Å². The Hall–Kier alpha value is -0.720. The lowest BCUT2D eigenvalue weighted by atomic mass is 9.88. The van der Waals surface area contributed by atoms with Gasteiger partial charge in [-0.25, -0.2) is 0 Å². The first-order chi connectivity index (χ1) is 10.0. The molecule has 2 heterocycles. The molecule has 1 aliphatic rings. The highest BCUT2D eigenvalue weighted by molar-refractivity contribution is 9.10.